The fourth-order valence-electron chi connectivity index (χ4n) is 1.74. The Morgan fingerprint density at radius 3 is 2.55 bits per heavy atom. The number of rotatable bonds is 6. The summed E-state index contributed by atoms with van der Waals surface area (Å²) in [7, 11) is -1.36. The van der Waals surface area contributed by atoms with E-state index in [1.807, 2.05) is 0 Å². The van der Waals surface area contributed by atoms with E-state index in [2.05, 4.69) is 4.98 Å². The first kappa shape index (κ1) is 16.4. The highest BCUT2D eigenvalue weighted by atomic mass is 32.2. The zero-order chi connectivity index (χ0) is 15.5. The second-order valence-electron chi connectivity index (χ2n) is 4.74. The van der Waals surface area contributed by atoms with Crippen LogP contribution in [-0.2, 0) is 9.84 Å². The van der Waals surface area contributed by atoms with Crippen molar-refractivity contribution in [1.82, 2.24) is 4.98 Å². The van der Waals surface area contributed by atoms with Crippen molar-refractivity contribution in [3.8, 4) is 0 Å². The summed E-state index contributed by atoms with van der Waals surface area (Å²) in [6.45, 7) is 5.02. The third-order valence-electron chi connectivity index (χ3n) is 3.22. The van der Waals surface area contributed by atoms with Crippen LogP contribution in [0, 0.1) is 17.0 Å². The summed E-state index contributed by atoms with van der Waals surface area (Å²) in [6, 6.07) is 1.33. The number of hydrogen-bond donors (Lipinski definition) is 0. The lowest BCUT2D eigenvalue weighted by Crippen LogP contribution is -2.36. The van der Waals surface area contributed by atoms with Crippen LogP contribution in [0.4, 0.5) is 11.5 Å². The van der Waals surface area contributed by atoms with Gasteiger partial charge in [0.15, 0.2) is 9.84 Å². The Kier molecular flexibility index (Phi) is 5.04. The summed E-state index contributed by atoms with van der Waals surface area (Å²) < 4.78 is 23.2. The van der Waals surface area contributed by atoms with Gasteiger partial charge in [0.05, 0.1) is 10.7 Å². The van der Waals surface area contributed by atoms with E-state index in [1.54, 1.807) is 38.8 Å². The Bertz CT molecular complexity index is 601. The van der Waals surface area contributed by atoms with Crippen molar-refractivity contribution >= 4 is 21.3 Å². The highest BCUT2D eigenvalue weighted by Gasteiger charge is 2.20. The maximum absolute atomic E-state index is 11.6. The van der Waals surface area contributed by atoms with Crippen molar-refractivity contribution in [3.63, 3.8) is 0 Å². The highest BCUT2D eigenvalue weighted by Crippen LogP contribution is 2.22. The molecule has 0 saturated carbocycles. The van der Waals surface area contributed by atoms with E-state index >= 15 is 0 Å². The van der Waals surface area contributed by atoms with E-state index in [4.69, 9.17) is 0 Å². The summed E-state index contributed by atoms with van der Waals surface area (Å²) >= 11 is 0. The lowest BCUT2D eigenvalue weighted by Gasteiger charge is -2.25. The molecular formula is C12H19N3O4S. The van der Waals surface area contributed by atoms with Crippen LogP contribution in [0.3, 0.4) is 0 Å². The Labute approximate surface area is 118 Å². The van der Waals surface area contributed by atoms with E-state index in [0.29, 0.717) is 11.4 Å². The molecule has 0 aliphatic rings. The number of nitrogens with zero attached hydrogens (tertiary/aromatic N) is 3. The van der Waals surface area contributed by atoms with E-state index in [1.165, 1.54) is 6.20 Å². The van der Waals surface area contributed by atoms with Gasteiger partial charge in [-0.05, 0) is 19.9 Å². The Morgan fingerprint density at radius 1 is 1.50 bits per heavy atom. The number of pyridine rings is 1. The molecule has 0 amide bonds. The largest absolute Gasteiger partial charge is 0.356 e. The number of nitro groups is 1. The normalized spacial score (nSPS) is 13.0. The maximum Gasteiger partial charge on any atom is 0.290 e. The van der Waals surface area contributed by atoms with Gasteiger partial charge < -0.3 is 4.90 Å². The average Bonchev–Trinajstić information content (AvgIpc) is 2.36. The minimum Gasteiger partial charge on any atom is -0.356 e. The molecule has 7 nitrogen and oxygen atoms in total. The number of aryl methyl sites for hydroxylation is 1. The number of sulfone groups is 1. The molecule has 0 N–H and O–H groups in total. The second-order valence-corrected chi connectivity index (χ2v) is 7.14. The summed E-state index contributed by atoms with van der Waals surface area (Å²) in [4.78, 5) is 16.0. The molecule has 0 aliphatic heterocycles. The molecule has 1 rings (SSSR count). The molecular weight excluding hydrogens is 282 g/mol. The predicted octanol–water partition coefficient (Wildman–Crippen LogP) is 1.56. The van der Waals surface area contributed by atoms with Gasteiger partial charge in [0.1, 0.15) is 12.0 Å². The molecule has 1 aromatic heterocycles. The van der Waals surface area contributed by atoms with Crippen molar-refractivity contribution in [2.45, 2.75) is 26.8 Å². The molecule has 0 aliphatic carbocycles. The first-order valence-electron chi connectivity index (χ1n) is 6.22. The first-order chi connectivity index (χ1) is 9.18. The van der Waals surface area contributed by atoms with Crippen molar-refractivity contribution in [3.05, 3.63) is 27.9 Å². The van der Waals surface area contributed by atoms with Crippen molar-refractivity contribution < 1.29 is 13.3 Å². The fraction of sp³-hybridized carbons (Fsp3) is 0.583. The quantitative estimate of drug-likeness (QED) is 0.584. The van der Waals surface area contributed by atoms with Gasteiger partial charge in [0.2, 0.25) is 0 Å². The molecule has 0 aromatic carbocycles. The standard InChI is InChI=1S/C12H19N3O4S/c1-5-20(18,19)8-10(3)14(4)12-6-9(2)11(7-13-12)15(16)17/h6-7,10H,5,8H2,1-4H3. The molecule has 0 fully saturated rings. The maximum atomic E-state index is 11.6. The van der Waals surface area contributed by atoms with E-state index in [0.717, 1.165) is 0 Å². The minimum atomic E-state index is -3.08. The minimum absolute atomic E-state index is 0.0255. The summed E-state index contributed by atoms with van der Waals surface area (Å²) in [6.07, 6.45) is 1.20. The monoisotopic (exact) mass is 301 g/mol. The van der Waals surface area contributed by atoms with Crippen LogP contribution in [0.15, 0.2) is 12.3 Å². The van der Waals surface area contributed by atoms with Crippen LogP contribution in [0.5, 0.6) is 0 Å². The van der Waals surface area contributed by atoms with Gasteiger partial charge in [0, 0.05) is 24.4 Å². The summed E-state index contributed by atoms with van der Waals surface area (Å²) in [5.41, 5.74) is 0.452. The van der Waals surface area contributed by atoms with Crippen LogP contribution in [0.25, 0.3) is 0 Å². The molecule has 20 heavy (non-hydrogen) atoms. The predicted molar refractivity (Wildman–Crippen MR) is 77.8 cm³/mol. The van der Waals surface area contributed by atoms with Crippen LogP contribution >= 0.6 is 0 Å². The third-order valence-corrected chi connectivity index (χ3v) is 5.09. The smallest absolute Gasteiger partial charge is 0.290 e. The molecule has 1 aromatic rings. The van der Waals surface area contributed by atoms with Gasteiger partial charge in [-0.3, -0.25) is 10.1 Å². The molecule has 0 bridgehead atoms. The van der Waals surface area contributed by atoms with Gasteiger partial charge in [-0.25, -0.2) is 13.4 Å². The molecule has 8 heteroatoms. The zero-order valence-electron chi connectivity index (χ0n) is 12.0. The molecule has 1 unspecified atom stereocenters. The van der Waals surface area contributed by atoms with Crippen molar-refractivity contribution in [2.75, 3.05) is 23.5 Å². The Hall–Kier alpha value is -1.70. The fourth-order valence-corrected chi connectivity index (χ4v) is 2.94. The van der Waals surface area contributed by atoms with Gasteiger partial charge in [-0.15, -0.1) is 0 Å². The zero-order valence-corrected chi connectivity index (χ0v) is 12.8. The molecule has 0 radical (unpaired) electrons. The highest BCUT2D eigenvalue weighted by molar-refractivity contribution is 7.91. The van der Waals surface area contributed by atoms with Gasteiger partial charge in [0.25, 0.3) is 5.69 Å². The Morgan fingerprint density at radius 2 is 2.10 bits per heavy atom. The molecule has 0 spiro atoms. The lowest BCUT2D eigenvalue weighted by atomic mass is 10.2. The summed E-state index contributed by atoms with van der Waals surface area (Å²) in [5.74, 6) is 0.641. The number of hydrogen-bond acceptors (Lipinski definition) is 6. The van der Waals surface area contributed by atoms with Gasteiger partial charge in [-0.2, -0.15) is 0 Å². The molecule has 1 heterocycles. The number of anilines is 1. The Balaban J connectivity index is 2.95. The lowest BCUT2D eigenvalue weighted by molar-refractivity contribution is -0.385. The third kappa shape index (κ3) is 3.89. The SMILES string of the molecule is CCS(=O)(=O)CC(C)N(C)c1cc(C)c([N+](=O)[O-])cn1. The van der Waals surface area contributed by atoms with Crippen molar-refractivity contribution in [2.24, 2.45) is 0 Å². The molecule has 1 atom stereocenters. The van der Waals surface area contributed by atoms with Crippen molar-refractivity contribution in [1.29, 1.82) is 0 Å². The van der Waals surface area contributed by atoms with Crippen LogP contribution < -0.4 is 4.90 Å². The topological polar surface area (TPSA) is 93.4 Å². The van der Waals surface area contributed by atoms with E-state index in [9.17, 15) is 18.5 Å². The van der Waals surface area contributed by atoms with E-state index < -0.39 is 14.8 Å². The van der Waals surface area contributed by atoms with Crippen LogP contribution in [0.1, 0.15) is 19.4 Å². The second kappa shape index (κ2) is 6.17. The summed E-state index contributed by atoms with van der Waals surface area (Å²) in [5, 5.41) is 10.7. The van der Waals surface area contributed by atoms with Crippen LogP contribution in [0.2, 0.25) is 0 Å². The average molecular weight is 301 g/mol. The van der Waals surface area contributed by atoms with Gasteiger partial charge >= 0.3 is 0 Å². The van der Waals surface area contributed by atoms with Crippen LogP contribution in [-0.4, -0.2) is 42.9 Å². The van der Waals surface area contributed by atoms with Gasteiger partial charge in [-0.1, -0.05) is 6.92 Å². The number of aromatic nitrogens is 1. The molecule has 0 saturated heterocycles. The van der Waals surface area contributed by atoms with E-state index in [-0.39, 0.29) is 23.2 Å². The molecule has 112 valence electrons. The first-order valence-corrected chi connectivity index (χ1v) is 8.04.